The molecule has 2 N–H and O–H groups in total. The van der Waals surface area contributed by atoms with Gasteiger partial charge in [0.25, 0.3) is 0 Å². The van der Waals surface area contributed by atoms with Gasteiger partial charge >= 0.3 is 6.03 Å². The molecule has 1 aromatic carbocycles. The van der Waals surface area contributed by atoms with E-state index in [0.717, 1.165) is 62.0 Å². The van der Waals surface area contributed by atoms with Crippen molar-refractivity contribution in [1.82, 2.24) is 15.6 Å². The average molecular weight is 433 g/mol. The van der Waals surface area contributed by atoms with Crippen molar-refractivity contribution in [1.29, 1.82) is 5.26 Å². The van der Waals surface area contributed by atoms with E-state index in [1.165, 1.54) is 12.8 Å². The molecule has 32 heavy (non-hydrogen) atoms. The molecule has 2 fully saturated rings. The molecule has 4 rings (SSSR count). The lowest BCUT2D eigenvalue weighted by Crippen LogP contribution is -2.47. The number of urea groups is 1. The Labute approximate surface area is 190 Å². The third-order valence-electron chi connectivity index (χ3n) is 6.56. The highest BCUT2D eigenvalue weighted by molar-refractivity contribution is 5.74. The number of piperidine rings is 2. The van der Waals surface area contributed by atoms with Gasteiger partial charge in [-0.2, -0.15) is 5.26 Å². The molecule has 0 saturated carbocycles. The second kappa shape index (κ2) is 10.4. The van der Waals surface area contributed by atoms with E-state index >= 15 is 0 Å². The smallest absolute Gasteiger partial charge is 0.315 e. The zero-order valence-electron chi connectivity index (χ0n) is 18.8. The zero-order valence-corrected chi connectivity index (χ0v) is 18.8. The van der Waals surface area contributed by atoms with Crippen LogP contribution in [0.2, 0.25) is 0 Å². The lowest BCUT2D eigenvalue weighted by Gasteiger charge is -2.34. The Hall–Kier alpha value is -3.27. The molecule has 3 heterocycles. The molecule has 2 aromatic rings. The lowest BCUT2D eigenvalue weighted by atomic mass is 9.99. The number of hydrogen-bond acceptors (Lipinski definition) is 5. The Morgan fingerprint density at radius 1 is 1.03 bits per heavy atom. The van der Waals surface area contributed by atoms with Gasteiger partial charge in [0.05, 0.1) is 11.6 Å². The van der Waals surface area contributed by atoms with Crippen LogP contribution >= 0.6 is 0 Å². The van der Waals surface area contributed by atoms with Crippen molar-refractivity contribution in [3.8, 4) is 6.07 Å². The van der Waals surface area contributed by atoms with Crippen molar-refractivity contribution in [2.75, 3.05) is 36.0 Å². The number of rotatable bonds is 5. The molecule has 0 radical (unpaired) electrons. The van der Waals surface area contributed by atoms with Crippen LogP contribution in [-0.2, 0) is 6.54 Å². The number of carbonyl (C=O) groups excluding carboxylic acids is 1. The number of pyridine rings is 1. The number of nitrogens with one attached hydrogen (secondary N) is 2. The minimum absolute atomic E-state index is 0.129. The van der Waals surface area contributed by atoms with Gasteiger partial charge in [-0.15, -0.1) is 0 Å². The van der Waals surface area contributed by atoms with Gasteiger partial charge in [0, 0.05) is 50.6 Å². The van der Waals surface area contributed by atoms with Gasteiger partial charge in [-0.3, -0.25) is 0 Å². The van der Waals surface area contributed by atoms with Crippen molar-refractivity contribution in [2.24, 2.45) is 5.92 Å². The van der Waals surface area contributed by atoms with Gasteiger partial charge in [0.15, 0.2) is 0 Å². The first-order chi connectivity index (χ1) is 15.6. The maximum absolute atomic E-state index is 12.4. The number of anilines is 2. The second-order valence-corrected chi connectivity index (χ2v) is 8.94. The first-order valence-corrected chi connectivity index (χ1v) is 11.6. The van der Waals surface area contributed by atoms with Gasteiger partial charge in [-0.05, 0) is 67.5 Å². The molecule has 0 spiro atoms. The number of carbonyl (C=O) groups is 1. The number of hydrogen-bond donors (Lipinski definition) is 2. The van der Waals surface area contributed by atoms with E-state index in [0.29, 0.717) is 12.1 Å². The van der Waals surface area contributed by atoms with Crippen molar-refractivity contribution >= 4 is 17.5 Å². The molecule has 1 aromatic heterocycles. The molecule has 7 heteroatoms. The van der Waals surface area contributed by atoms with Gasteiger partial charge in [-0.1, -0.05) is 13.0 Å². The monoisotopic (exact) mass is 432 g/mol. The largest absolute Gasteiger partial charge is 0.371 e. The molecule has 0 atom stereocenters. The summed E-state index contributed by atoms with van der Waals surface area (Å²) in [5, 5.41) is 15.0. The number of amides is 2. The summed E-state index contributed by atoms with van der Waals surface area (Å²) in [6.45, 7) is 6.69. The van der Waals surface area contributed by atoms with Crippen LogP contribution in [0.15, 0.2) is 42.6 Å². The van der Waals surface area contributed by atoms with E-state index in [1.54, 1.807) is 0 Å². The summed E-state index contributed by atoms with van der Waals surface area (Å²) in [6, 6.07) is 14.0. The summed E-state index contributed by atoms with van der Waals surface area (Å²) in [7, 11) is 0. The van der Waals surface area contributed by atoms with Crippen molar-refractivity contribution in [3.05, 3.63) is 53.7 Å². The minimum Gasteiger partial charge on any atom is -0.371 e. The standard InChI is InChI=1S/C25H32N6O/c1-19-8-12-31(13-9-19)24-7-4-21(17-27-24)18-28-25(32)29-22-10-14-30(15-11-22)23-5-2-20(16-26)3-6-23/h2-7,17,19,22H,8-15,18H2,1H3,(H2,28,29,32). The van der Waals surface area contributed by atoms with Crippen LogP contribution in [0.25, 0.3) is 0 Å². The summed E-state index contributed by atoms with van der Waals surface area (Å²) in [5.74, 6) is 1.83. The molecule has 2 aliphatic heterocycles. The molecular formula is C25H32N6O. The highest BCUT2D eigenvalue weighted by Crippen LogP contribution is 2.22. The lowest BCUT2D eigenvalue weighted by molar-refractivity contribution is 0.234. The van der Waals surface area contributed by atoms with Crippen molar-refractivity contribution < 1.29 is 4.79 Å². The summed E-state index contributed by atoms with van der Waals surface area (Å²) in [6.07, 6.45) is 6.11. The van der Waals surface area contributed by atoms with Gasteiger partial charge in [-0.25, -0.2) is 9.78 Å². The second-order valence-electron chi connectivity index (χ2n) is 8.94. The fourth-order valence-corrected chi connectivity index (χ4v) is 4.39. The van der Waals surface area contributed by atoms with Crippen LogP contribution in [-0.4, -0.2) is 43.2 Å². The molecule has 0 unspecified atom stereocenters. The summed E-state index contributed by atoms with van der Waals surface area (Å²) < 4.78 is 0. The van der Waals surface area contributed by atoms with Crippen LogP contribution in [0.1, 0.15) is 43.7 Å². The first kappa shape index (κ1) is 21.9. The van der Waals surface area contributed by atoms with Gasteiger partial charge in [0.1, 0.15) is 5.82 Å². The van der Waals surface area contributed by atoms with Crippen molar-refractivity contribution in [3.63, 3.8) is 0 Å². The quantitative estimate of drug-likeness (QED) is 0.753. The highest BCUT2D eigenvalue weighted by atomic mass is 16.2. The summed E-state index contributed by atoms with van der Waals surface area (Å²) in [5.41, 5.74) is 2.81. The SMILES string of the molecule is CC1CCN(c2ccc(CNC(=O)NC3CCN(c4ccc(C#N)cc4)CC3)cn2)CC1. The Balaban J connectivity index is 1.18. The van der Waals surface area contributed by atoms with Gasteiger partial charge in [0.2, 0.25) is 0 Å². The number of benzene rings is 1. The van der Waals surface area contributed by atoms with Crippen LogP contribution in [0, 0.1) is 17.2 Å². The van der Waals surface area contributed by atoms with E-state index in [1.807, 2.05) is 30.5 Å². The topological polar surface area (TPSA) is 84.3 Å². The average Bonchev–Trinajstić information content (AvgIpc) is 2.84. The third kappa shape index (κ3) is 5.70. The van der Waals surface area contributed by atoms with Crippen LogP contribution < -0.4 is 20.4 Å². The summed E-state index contributed by atoms with van der Waals surface area (Å²) in [4.78, 5) is 21.6. The zero-order chi connectivity index (χ0) is 22.3. The maximum Gasteiger partial charge on any atom is 0.315 e. The molecule has 2 aliphatic rings. The summed E-state index contributed by atoms with van der Waals surface area (Å²) >= 11 is 0. The van der Waals surface area contributed by atoms with E-state index < -0.39 is 0 Å². The third-order valence-corrected chi connectivity index (χ3v) is 6.56. The van der Waals surface area contributed by atoms with E-state index in [4.69, 9.17) is 5.26 Å². The molecule has 2 amide bonds. The number of nitrogens with zero attached hydrogens (tertiary/aromatic N) is 4. The predicted molar refractivity (Wildman–Crippen MR) is 127 cm³/mol. The highest BCUT2D eigenvalue weighted by Gasteiger charge is 2.21. The number of aromatic nitrogens is 1. The van der Waals surface area contributed by atoms with Crippen LogP contribution in [0.3, 0.4) is 0 Å². The van der Waals surface area contributed by atoms with Crippen LogP contribution in [0.4, 0.5) is 16.3 Å². The Bertz CT molecular complexity index is 920. The van der Waals surface area contributed by atoms with Gasteiger partial charge < -0.3 is 20.4 Å². The Morgan fingerprint density at radius 2 is 1.72 bits per heavy atom. The molecule has 7 nitrogen and oxygen atoms in total. The fourth-order valence-electron chi connectivity index (χ4n) is 4.39. The predicted octanol–water partition coefficient (Wildman–Crippen LogP) is 3.66. The first-order valence-electron chi connectivity index (χ1n) is 11.6. The van der Waals surface area contributed by atoms with E-state index in [-0.39, 0.29) is 12.1 Å². The van der Waals surface area contributed by atoms with E-state index in [9.17, 15) is 4.79 Å². The maximum atomic E-state index is 12.4. The minimum atomic E-state index is -0.129. The molecule has 0 aliphatic carbocycles. The molecule has 0 bridgehead atoms. The fraction of sp³-hybridized carbons (Fsp3) is 0.480. The number of nitriles is 1. The Kier molecular flexibility index (Phi) is 7.10. The van der Waals surface area contributed by atoms with E-state index in [2.05, 4.69) is 50.5 Å². The molecule has 2 saturated heterocycles. The Morgan fingerprint density at radius 3 is 2.34 bits per heavy atom. The van der Waals surface area contributed by atoms with Crippen LogP contribution in [0.5, 0.6) is 0 Å². The van der Waals surface area contributed by atoms with Crippen molar-refractivity contribution in [2.45, 2.75) is 45.2 Å². The molecular weight excluding hydrogens is 400 g/mol. The molecule has 168 valence electrons. The normalized spacial score (nSPS) is 17.6.